The average Bonchev–Trinajstić information content (AvgIpc) is 2.98. The largest absolute Gasteiger partial charge is 0.361 e. The third-order valence-corrected chi connectivity index (χ3v) is 3.85. The van der Waals surface area contributed by atoms with Crippen molar-refractivity contribution in [2.75, 3.05) is 11.9 Å². The molecule has 0 bridgehead atoms. The molecule has 122 valence electrons. The van der Waals surface area contributed by atoms with Gasteiger partial charge in [0.2, 0.25) is 11.8 Å². The molecule has 1 heterocycles. The molecule has 0 saturated carbocycles. The zero-order valence-electron chi connectivity index (χ0n) is 12.8. The smallest absolute Gasteiger partial charge is 0.243 e. The van der Waals surface area contributed by atoms with E-state index in [1.54, 1.807) is 24.3 Å². The van der Waals surface area contributed by atoms with Crippen LogP contribution in [0.2, 0.25) is 5.02 Å². The second-order valence-corrected chi connectivity index (χ2v) is 5.80. The first-order valence-corrected chi connectivity index (χ1v) is 7.87. The standard InChI is InChI=1S/C18H16ClN3O2/c19-13-5-7-14(8-6-13)22-18(24)11-21-17(23)9-12-10-20-16-4-2-1-3-15(12)16/h1-8,10,20H,9,11H2,(H,21,23)(H,22,24). The minimum Gasteiger partial charge on any atom is -0.361 e. The van der Waals surface area contributed by atoms with Gasteiger partial charge in [0.15, 0.2) is 0 Å². The van der Waals surface area contributed by atoms with Crippen LogP contribution in [0, 0.1) is 0 Å². The normalized spacial score (nSPS) is 10.5. The summed E-state index contributed by atoms with van der Waals surface area (Å²) in [6, 6.07) is 14.6. The van der Waals surface area contributed by atoms with Crippen LogP contribution in [0.5, 0.6) is 0 Å². The fourth-order valence-corrected chi connectivity index (χ4v) is 2.56. The van der Waals surface area contributed by atoms with Crippen molar-refractivity contribution in [3.63, 3.8) is 0 Å². The van der Waals surface area contributed by atoms with Crippen LogP contribution in [-0.2, 0) is 16.0 Å². The zero-order valence-corrected chi connectivity index (χ0v) is 13.6. The maximum absolute atomic E-state index is 12.0. The molecule has 0 aliphatic rings. The van der Waals surface area contributed by atoms with Crippen LogP contribution in [0.4, 0.5) is 5.69 Å². The minimum atomic E-state index is -0.287. The number of benzene rings is 2. The van der Waals surface area contributed by atoms with Gasteiger partial charge < -0.3 is 15.6 Å². The van der Waals surface area contributed by atoms with Gasteiger partial charge in [-0.25, -0.2) is 0 Å². The van der Waals surface area contributed by atoms with Gasteiger partial charge in [-0.2, -0.15) is 0 Å². The molecule has 24 heavy (non-hydrogen) atoms. The number of H-pyrrole nitrogens is 1. The number of hydrogen-bond acceptors (Lipinski definition) is 2. The van der Waals surface area contributed by atoms with Crippen LogP contribution < -0.4 is 10.6 Å². The van der Waals surface area contributed by atoms with Crippen LogP contribution in [0.1, 0.15) is 5.56 Å². The lowest BCUT2D eigenvalue weighted by atomic mass is 10.1. The van der Waals surface area contributed by atoms with E-state index in [-0.39, 0.29) is 24.8 Å². The van der Waals surface area contributed by atoms with E-state index in [1.807, 2.05) is 30.5 Å². The fraction of sp³-hybridized carbons (Fsp3) is 0.111. The molecule has 0 radical (unpaired) electrons. The van der Waals surface area contributed by atoms with Crippen molar-refractivity contribution >= 4 is 40.0 Å². The fourth-order valence-electron chi connectivity index (χ4n) is 2.43. The number of carbonyl (C=O) groups excluding carboxylic acids is 2. The predicted octanol–water partition coefficient (Wildman–Crippen LogP) is 3.12. The summed E-state index contributed by atoms with van der Waals surface area (Å²) in [5, 5.41) is 6.93. The second kappa shape index (κ2) is 7.19. The number of hydrogen-bond donors (Lipinski definition) is 3. The van der Waals surface area contributed by atoms with Crippen LogP contribution in [0.25, 0.3) is 10.9 Å². The molecule has 2 amide bonds. The van der Waals surface area contributed by atoms with Crippen LogP contribution in [0.3, 0.4) is 0 Å². The van der Waals surface area contributed by atoms with Gasteiger partial charge in [0.05, 0.1) is 13.0 Å². The Hall–Kier alpha value is -2.79. The summed E-state index contributed by atoms with van der Waals surface area (Å²) in [5.41, 5.74) is 2.53. The van der Waals surface area contributed by atoms with Crippen molar-refractivity contribution in [3.05, 3.63) is 65.3 Å². The number of fused-ring (bicyclic) bond motifs is 1. The highest BCUT2D eigenvalue weighted by atomic mass is 35.5. The topological polar surface area (TPSA) is 74.0 Å². The first-order valence-electron chi connectivity index (χ1n) is 7.49. The molecule has 6 heteroatoms. The summed E-state index contributed by atoms with van der Waals surface area (Å²) in [7, 11) is 0. The Balaban J connectivity index is 1.52. The number of halogens is 1. The minimum absolute atomic E-state index is 0.0795. The maximum atomic E-state index is 12.0. The number of aromatic nitrogens is 1. The van der Waals surface area contributed by atoms with Gasteiger partial charge in [-0.05, 0) is 35.9 Å². The van der Waals surface area contributed by atoms with Crippen molar-refractivity contribution in [3.8, 4) is 0 Å². The number of nitrogens with one attached hydrogen (secondary N) is 3. The van der Waals surface area contributed by atoms with E-state index in [9.17, 15) is 9.59 Å². The second-order valence-electron chi connectivity index (χ2n) is 5.37. The summed E-state index contributed by atoms with van der Waals surface area (Å²) >= 11 is 5.79. The first kappa shape index (κ1) is 16.1. The number of aromatic amines is 1. The summed E-state index contributed by atoms with van der Waals surface area (Å²) in [6.45, 7) is -0.0795. The van der Waals surface area contributed by atoms with Crippen molar-refractivity contribution in [1.29, 1.82) is 0 Å². The van der Waals surface area contributed by atoms with Crippen molar-refractivity contribution < 1.29 is 9.59 Å². The lowest BCUT2D eigenvalue weighted by molar-refractivity contribution is -0.123. The average molecular weight is 342 g/mol. The zero-order chi connectivity index (χ0) is 16.9. The maximum Gasteiger partial charge on any atom is 0.243 e. The Morgan fingerprint density at radius 2 is 1.75 bits per heavy atom. The molecule has 0 fully saturated rings. The number of rotatable bonds is 5. The molecule has 3 aromatic rings. The van der Waals surface area contributed by atoms with E-state index in [2.05, 4.69) is 15.6 Å². The number of carbonyl (C=O) groups is 2. The first-order chi connectivity index (χ1) is 11.6. The molecule has 0 aliphatic carbocycles. The van der Waals surface area contributed by atoms with Crippen LogP contribution >= 0.6 is 11.6 Å². The summed E-state index contributed by atoms with van der Waals surface area (Å²) in [5.74, 6) is -0.490. The van der Waals surface area contributed by atoms with Gasteiger partial charge in [0.25, 0.3) is 0 Å². The predicted molar refractivity (Wildman–Crippen MR) is 95.1 cm³/mol. The van der Waals surface area contributed by atoms with Crippen LogP contribution in [-0.4, -0.2) is 23.3 Å². The third kappa shape index (κ3) is 3.94. The molecule has 0 atom stereocenters. The van der Waals surface area contributed by atoms with E-state index >= 15 is 0 Å². The van der Waals surface area contributed by atoms with Gasteiger partial charge in [-0.1, -0.05) is 29.8 Å². The molecule has 2 aromatic carbocycles. The van der Waals surface area contributed by atoms with Gasteiger partial charge in [-0.3, -0.25) is 9.59 Å². The monoisotopic (exact) mass is 341 g/mol. The SMILES string of the molecule is O=C(Cc1c[nH]c2ccccc12)NCC(=O)Nc1ccc(Cl)cc1. The Kier molecular flexibility index (Phi) is 4.82. The molecule has 5 nitrogen and oxygen atoms in total. The molecule has 0 unspecified atom stereocenters. The van der Waals surface area contributed by atoms with Gasteiger partial charge in [0.1, 0.15) is 0 Å². The summed E-state index contributed by atoms with van der Waals surface area (Å²) in [4.78, 5) is 27.0. The highest BCUT2D eigenvalue weighted by Gasteiger charge is 2.10. The third-order valence-electron chi connectivity index (χ3n) is 3.60. The van der Waals surface area contributed by atoms with E-state index in [1.165, 1.54) is 0 Å². The van der Waals surface area contributed by atoms with E-state index in [4.69, 9.17) is 11.6 Å². The highest BCUT2D eigenvalue weighted by Crippen LogP contribution is 2.18. The summed E-state index contributed by atoms with van der Waals surface area (Å²) < 4.78 is 0. The van der Waals surface area contributed by atoms with E-state index in [0.717, 1.165) is 16.5 Å². The lowest BCUT2D eigenvalue weighted by Gasteiger charge is -2.07. The molecule has 1 aromatic heterocycles. The molecule has 0 aliphatic heterocycles. The van der Waals surface area contributed by atoms with Crippen molar-refractivity contribution in [1.82, 2.24) is 10.3 Å². The van der Waals surface area contributed by atoms with E-state index in [0.29, 0.717) is 10.7 Å². The molecule has 0 spiro atoms. The van der Waals surface area contributed by atoms with Gasteiger partial charge >= 0.3 is 0 Å². The molecular formula is C18H16ClN3O2. The Morgan fingerprint density at radius 1 is 1.00 bits per heavy atom. The molecule has 0 saturated heterocycles. The number of anilines is 1. The quantitative estimate of drug-likeness (QED) is 0.667. The van der Waals surface area contributed by atoms with Crippen molar-refractivity contribution in [2.45, 2.75) is 6.42 Å². The molecule has 3 N–H and O–H groups in total. The van der Waals surface area contributed by atoms with E-state index < -0.39 is 0 Å². The summed E-state index contributed by atoms with van der Waals surface area (Å²) in [6.07, 6.45) is 2.04. The molecular weight excluding hydrogens is 326 g/mol. The Labute approximate surface area is 144 Å². The van der Waals surface area contributed by atoms with Crippen LogP contribution in [0.15, 0.2) is 54.7 Å². The Morgan fingerprint density at radius 3 is 2.54 bits per heavy atom. The highest BCUT2D eigenvalue weighted by molar-refractivity contribution is 6.30. The number of para-hydroxylation sites is 1. The van der Waals surface area contributed by atoms with Gasteiger partial charge in [0, 0.05) is 27.8 Å². The number of amides is 2. The van der Waals surface area contributed by atoms with Gasteiger partial charge in [-0.15, -0.1) is 0 Å². The van der Waals surface area contributed by atoms with Crippen molar-refractivity contribution in [2.24, 2.45) is 0 Å². The lowest BCUT2D eigenvalue weighted by Crippen LogP contribution is -2.33. The molecule has 3 rings (SSSR count). The Bertz CT molecular complexity index is 871.